The van der Waals surface area contributed by atoms with Crippen molar-refractivity contribution in [2.75, 3.05) is 6.54 Å². The van der Waals surface area contributed by atoms with Crippen LogP contribution in [-0.4, -0.2) is 38.1 Å². The number of hydrogen-bond donors (Lipinski definition) is 0. The van der Waals surface area contributed by atoms with Crippen LogP contribution in [-0.2, 0) is 24.3 Å². The van der Waals surface area contributed by atoms with Crippen LogP contribution in [0, 0.1) is 0 Å². The zero-order chi connectivity index (χ0) is 21.8. The van der Waals surface area contributed by atoms with Gasteiger partial charge in [-0.15, -0.1) is 0 Å². The third-order valence-electron chi connectivity index (χ3n) is 4.79. The van der Waals surface area contributed by atoms with Crippen LogP contribution in [0.15, 0.2) is 54.7 Å². The number of carbonyl (C=O) groups is 1. The van der Waals surface area contributed by atoms with Gasteiger partial charge in [0, 0.05) is 24.7 Å². The molecule has 0 radical (unpaired) electrons. The Balaban J connectivity index is 1.65. The summed E-state index contributed by atoms with van der Waals surface area (Å²) in [6.45, 7) is 6.74. The molecule has 2 aromatic heterocycles. The van der Waals surface area contributed by atoms with Crippen molar-refractivity contribution in [3.8, 4) is 17.3 Å². The Morgan fingerprint density at radius 1 is 1.06 bits per heavy atom. The number of benzene rings is 1. The van der Waals surface area contributed by atoms with E-state index < -0.39 is 5.60 Å². The van der Waals surface area contributed by atoms with Gasteiger partial charge in [0.05, 0.1) is 23.5 Å². The van der Waals surface area contributed by atoms with Crippen LogP contribution < -0.4 is 4.74 Å². The zero-order valence-corrected chi connectivity index (χ0v) is 18.0. The monoisotopic (exact) mass is 418 g/mol. The van der Waals surface area contributed by atoms with E-state index in [9.17, 15) is 4.79 Å². The van der Waals surface area contributed by atoms with Crippen molar-refractivity contribution < 1.29 is 14.3 Å². The van der Waals surface area contributed by atoms with Gasteiger partial charge in [-0.05, 0) is 32.9 Å². The minimum Gasteiger partial charge on any atom is -0.471 e. The smallest absolute Gasteiger partial charge is 0.410 e. The van der Waals surface area contributed by atoms with Gasteiger partial charge in [-0.2, -0.15) is 4.98 Å². The first-order valence-corrected chi connectivity index (χ1v) is 10.3. The van der Waals surface area contributed by atoms with Crippen LogP contribution in [0.3, 0.4) is 0 Å². The third-order valence-corrected chi connectivity index (χ3v) is 4.79. The average molecular weight is 418 g/mol. The Hall–Kier alpha value is -3.48. The molecule has 7 nitrogen and oxygen atoms in total. The summed E-state index contributed by atoms with van der Waals surface area (Å²) in [5, 5.41) is 0. The SMILES string of the molecule is CC(C)(C)OC(=O)N1CCc2nc(-c3ccccc3)nc(OCc3ccccn3)c2C1. The van der Waals surface area contributed by atoms with Crippen LogP contribution in [0.2, 0.25) is 0 Å². The Morgan fingerprint density at radius 3 is 2.55 bits per heavy atom. The molecule has 4 rings (SSSR count). The number of amides is 1. The van der Waals surface area contributed by atoms with Gasteiger partial charge in [0.2, 0.25) is 5.88 Å². The Labute approximate surface area is 182 Å². The second-order valence-corrected chi connectivity index (χ2v) is 8.41. The van der Waals surface area contributed by atoms with E-state index >= 15 is 0 Å². The van der Waals surface area contributed by atoms with Gasteiger partial charge < -0.3 is 14.4 Å². The topological polar surface area (TPSA) is 77.4 Å². The summed E-state index contributed by atoms with van der Waals surface area (Å²) in [6.07, 6.45) is 1.99. The molecule has 3 aromatic rings. The highest BCUT2D eigenvalue weighted by atomic mass is 16.6. The molecule has 1 aromatic carbocycles. The predicted molar refractivity (Wildman–Crippen MR) is 116 cm³/mol. The fourth-order valence-corrected chi connectivity index (χ4v) is 3.33. The summed E-state index contributed by atoms with van der Waals surface area (Å²) in [7, 11) is 0. The number of fused-ring (bicyclic) bond motifs is 1. The lowest BCUT2D eigenvalue weighted by atomic mass is 10.1. The first-order chi connectivity index (χ1) is 14.9. The van der Waals surface area contributed by atoms with E-state index in [4.69, 9.17) is 19.4 Å². The van der Waals surface area contributed by atoms with Gasteiger partial charge in [0.15, 0.2) is 5.82 Å². The van der Waals surface area contributed by atoms with Crippen molar-refractivity contribution in [1.29, 1.82) is 0 Å². The van der Waals surface area contributed by atoms with Crippen molar-refractivity contribution in [3.05, 3.63) is 71.7 Å². The fraction of sp³-hybridized carbons (Fsp3) is 0.333. The second-order valence-electron chi connectivity index (χ2n) is 8.41. The van der Waals surface area contributed by atoms with E-state index in [0.717, 1.165) is 22.5 Å². The molecule has 7 heteroatoms. The van der Waals surface area contributed by atoms with E-state index in [1.807, 2.05) is 69.3 Å². The minimum absolute atomic E-state index is 0.283. The average Bonchev–Trinajstić information content (AvgIpc) is 2.77. The number of nitrogens with zero attached hydrogens (tertiary/aromatic N) is 4. The van der Waals surface area contributed by atoms with Crippen molar-refractivity contribution in [2.45, 2.75) is 45.9 Å². The molecule has 0 bridgehead atoms. The van der Waals surface area contributed by atoms with Crippen molar-refractivity contribution >= 4 is 6.09 Å². The minimum atomic E-state index is -0.552. The zero-order valence-electron chi connectivity index (χ0n) is 18.0. The molecular formula is C24H26N4O3. The standard InChI is InChI=1S/C24H26N4O3/c1-24(2,3)31-23(29)28-14-12-20-19(15-28)22(30-16-18-11-7-8-13-25-18)27-21(26-20)17-9-5-4-6-10-17/h4-11,13H,12,14-16H2,1-3H3. The first-order valence-electron chi connectivity index (χ1n) is 10.3. The number of hydrogen-bond acceptors (Lipinski definition) is 6. The Kier molecular flexibility index (Phi) is 5.84. The highest BCUT2D eigenvalue weighted by molar-refractivity contribution is 5.69. The van der Waals surface area contributed by atoms with E-state index in [2.05, 4.69) is 4.98 Å². The Morgan fingerprint density at radius 2 is 1.84 bits per heavy atom. The number of carbonyl (C=O) groups excluding carboxylic acids is 1. The molecule has 1 aliphatic heterocycles. The number of pyridine rings is 1. The fourth-order valence-electron chi connectivity index (χ4n) is 3.33. The van der Waals surface area contributed by atoms with Crippen LogP contribution in [0.4, 0.5) is 4.79 Å². The van der Waals surface area contributed by atoms with Gasteiger partial charge >= 0.3 is 6.09 Å². The largest absolute Gasteiger partial charge is 0.471 e. The van der Waals surface area contributed by atoms with Crippen LogP contribution >= 0.6 is 0 Å². The highest BCUT2D eigenvalue weighted by Crippen LogP contribution is 2.30. The predicted octanol–water partition coefficient (Wildman–Crippen LogP) is 4.41. The quantitative estimate of drug-likeness (QED) is 0.625. The highest BCUT2D eigenvalue weighted by Gasteiger charge is 2.29. The number of aromatic nitrogens is 3. The lowest BCUT2D eigenvalue weighted by Crippen LogP contribution is -2.40. The molecule has 1 aliphatic rings. The normalized spacial score (nSPS) is 13.5. The van der Waals surface area contributed by atoms with Crippen molar-refractivity contribution in [2.24, 2.45) is 0 Å². The molecule has 160 valence electrons. The van der Waals surface area contributed by atoms with Gasteiger partial charge in [-0.25, -0.2) is 9.78 Å². The van der Waals surface area contributed by atoms with Crippen LogP contribution in [0.25, 0.3) is 11.4 Å². The first kappa shape index (κ1) is 20.8. The molecular weight excluding hydrogens is 392 g/mol. The summed E-state index contributed by atoms with van der Waals surface area (Å²) in [4.78, 5) is 28.1. The molecule has 0 aliphatic carbocycles. The Bertz CT molecular complexity index is 1050. The maximum Gasteiger partial charge on any atom is 0.410 e. The molecule has 0 spiro atoms. The molecule has 31 heavy (non-hydrogen) atoms. The van der Waals surface area contributed by atoms with Gasteiger partial charge in [0.1, 0.15) is 12.2 Å². The second kappa shape index (κ2) is 8.71. The summed E-state index contributed by atoms with van der Waals surface area (Å²) in [5.74, 6) is 1.09. The molecule has 0 atom stereocenters. The van der Waals surface area contributed by atoms with Gasteiger partial charge in [0.25, 0.3) is 0 Å². The van der Waals surface area contributed by atoms with E-state index in [1.165, 1.54) is 0 Å². The lowest BCUT2D eigenvalue weighted by molar-refractivity contribution is 0.0220. The van der Waals surface area contributed by atoms with E-state index in [0.29, 0.717) is 31.2 Å². The molecule has 0 saturated carbocycles. The van der Waals surface area contributed by atoms with Gasteiger partial charge in [-0.3, -0.25) is 4.98 Å². The van der Waals surface area contributed by atoms with E-state index in [1.54, 1.807) is 11.1 Å². The van der Waals surface area contributed by atoms with Crippen molar-refractivity contribution in [3.63, 3.8) is 0 Å². The summed E-state index contributed by atoms with van der Waals surface area (Å²) >= 11 is 0. The lowest BCUT2D eigenvalue weighted by Gasteiger charge is -2.31. The summed E-state index contributed by atoms with van der Waals surface area (Å²) < 4.78 is 11.6. The maximum atomic E-state index is 12.6. The van der Waals surface area contributed by atoms with Crippen LogP contribution in [0.5, 0.6) is 5.88 Å². The molecule has 0 unspecified atom stereocenters. The molecule has 1 amide bonds. The third kappa shape index (κ3) is 5.17. The maximum absolute atomic E-state index is 12.6. The molecule has 0 fully saturated rings. The van der Waals surface area contributed by atoms with Gasteiger partial charge in [-0.1, -0.05) is 36.4 Å². The van der Waals surface area contributed by atoms with E-state index in [-0.39, 0.29) is 12.7 Å². The summed E-state index contributed by atoms with van der Waals surface area (Å²) in [6, 6.07) is 15.5. The van der Waals surface area contributed by atoms with Crippen molar-refractivity contribution in [1.82, 2.24) is 19.9 Å². The molecule has 0 N–H and O–H groups in total. The summed E-state index contributed by atoms with van der Waals surface area (Å²) in [5.41, 5.74) is 2.87. The molecule has 3 heterocycles. The number of rotatable bonds is 4. The molecule has 0 saturated heterocycles. The number of ether oxygens (including phenoxy) is 2. The van der Waals surface area contributed by atoms with Crippen LogP contribution in [0.1, 0.15) is 37.7 Å².